The number of ether oxygens (including phenoxy) is 1. The normalized spacial score (nSPS) is 11.7. The zero-order valence-electron chi connectivity index (χ0n) is 15.0. The molecule has 0 aliphatic heterocycles. The average molecular weight is 367 g/mol. The molecule has 3 aromatic rings. The van der Waals surface area contributed by atoms with Crippen LogP contribution in [-0.4, -0.2) is 28.7 Å². The van der Waals surface area contributed by atoms with Crippen LogP contribution < -0.4 is 15.8 Å². The maximum absolute atomic E-state index is 12.3. The molecule has 2 aromatic carbocycles. The molecule has 7 nitrogen and oxygen atoms in total. The Bertz CT molecular complexity index is 933. The molecule has 1 unspecified atom stereocenters. The van der Waals surface area contributed by atoms with Crippen molar-refractivity contribution in [1.82, 2.24) is 15.5 Å². The van der Waals surface area contributed by atoms with Gasteiger partial charge in [0.15, 0.2) is 11.9 Å². The Morgan fingerprint density at radius 2 is 1.93 bits per heavy atom. The molecule has 0 aliphatic carbocycles. The standard InChI is InChI=1S/C20H21N3O4/c1-14(19(24)21-12-11-18-22-20(25)27-23-18)26-17-10-6-5-9-16(17)13-15-7-3-2-4-8-15/h2-10,14H,11-13H2,1H3,(H,21,24)(H,22,23,25). The fraction of sp³-hybridized carbons (Fsp3) is 0.250. The van der Waals surface area contributed by atoms with Crippen LogP contribution in [0.5, 0.6) is 5.75 Å². The van der Waals surface area contributed by atoms with Crippen LogP contribution in [0.25, 0.3) is 0 Å². The molecule has 0 saturated carbocycles. The maximum Gasteiger partial charge on any atom is 0.438 e. The van der Waals surface area contributed by atoms with E-state index in [1.54, 1.807) is 6.92 Å². The van der Waals surface area contributed by atoms with Gasteiger partial charge in [0, 0.05) is 19.4 Å². The molecule has 2 N–H and O–H groups in total. The van der Waals surface area contributed by atoms with Crippen LogP contribution in [0.1, 0.15) is 23.9 Å². The molecule has 7 heteroatoms. The lowest BCUT2D eigenvalue weighted by Crippen LogP contribution is -2.37. The Morgan fingerprint density at radius 3 is 2.67 bits per heavy atom. The van der Waals surface area contributed by atoms with Gasteiger partial charge in [-0.05, 0) is 24.1 Å². The second-order valence-corrected chi connectivity index (χ2v) is 6.11. The molecule has 0 bridgehead atoms. The van der Waals surface area contributed by atoms with E-state index in [1.165, 1.54) is 5.56 Å². The molecule has 1 amide bonds. The third-order valence-corrected chi connectivity index (χ3v) is 4.03. The Balaban J connectivity index is 1.56. The summed E-state index contributed by atoms with van der Waals surface area (Å²) in [7, 11) is 0. The van der Waals surface area contributed by atoms with Gasteiger partial charge in [-0.1, -0.05) is 53.7 Å². The molecular formula is C20H21N3O4. The van der Waals surface area contributed by atoms with Crippen molar-refractivity contribution in [3.8, 4) is 5.75 Å². The monoisotopic (exact) mass is 367 g/mol. The van der Waals surface area contributed by atoms with E-state index in [0.29, 0.717) is 24.5 Å². The predicted molar refractivity (Wildman–Crippen MR) is 99.6 cm³/mol. The Morgan fingerprint density at radius 1 is 1.19 bits per heavy atom. The highest BCUT2D eigenvalue weighted by molar-refractivity contribution is 5.80. The summed E-state index contributed by atoms with van der Waals surface area (Å²) in [6, 6.07) is 17.8. The third kappa shape index (κ3) is 5.31. The summed E-state index contributed by atoms with van der Waals surface area (Å²) >= 11 is 0. The van der Waals surface area contributed by atoms with Crippen LogP contribution in [0.3, 0.4) is 0 Å². The SMILES string of the molecule is CC(Oc1ccccc1Cc1ccccc1)C(=O)NCCc1noc(=O)[nH]1. The molecular weight excluding hydrogens is 346 g/mol. The minimum absolute atomic E-state index is 0.240. The number of rotatable bonds is 8. The maximum atomic E-state index is 12.3. The lowest BCUT2D eigenvalue weighted by molar-refractivity contribution is -0.127. The zero-order chi connectivity index (χ0) is 19.1. The third-order valence-electron chi connectivity index (χ3n) is 4.03. The number of para-hydroxylation sites is 1. The van der Waals surface area contributed by atoms with Gasteiger partial charge in [0.05, 0.1) is 0 Å². The molecule has 0 fully saturated rings. The van der Waals surface area contributed by atoms with Crippen molar-refractivity contribution in [1.29, 1.82) is 0 Å². The number of carbonyl (C=O) groups is 1. The van der Waals surface area contributed by atoms with E-state index in [4.69, 9.17) is 4.74 Å². The minimum atomic E-state index is -0.654. The van der Waals surface area contributed by atoms with Gasteiger partial charge >= 0.3 is 5.76 Å². The van der Waals surface area contributed by atoms with E-state index in [9.17, 15) is 9.59 Å². The fourth-order valence-electron chi connectivity index (χ4n) is 2.64. The molecule has 0 aliphatic rings. The van der Waals surface area contributed by atoms with Gasteiger partial charge in [0.25, 0.3) is 5.91 Å². The molecule has 0 radical (unpaired) electrons. The first-order valence-electron chi connectivity index (χ1n) is 8.73. The first-order valence-corrected chi connectivity index (χ1v) is 8.73. The molecule has 1 atom stereocenters. The number of carbonyl (C=O) groups excluding carboxylic acids is 1. The smallest absolute Gasteiger partial charge is 0.438 e. The Kier molecular flexibility index (Phi) is 6.04. The van der Waals surface area contributed by atoms with E-state index in [1.807, 2.05) is 42.5 Å². The highest BCUT2D eigenvalue weighted by Gasteiger charge is 2.16. The number of H-pyrrole nitrogens is 1. The van der Waals surface area contributed by atoms with Gasteiger partial charge in [0.2, 0.25) is 0 Å². The lowest BCUT2D eigenvalue weighted by Gasteiger charge is -2.17. The topological polar surface area (TPSA) is 97.2 Å². The highest BCUT2D eigenvalue weighted by atomic mass is 16.5. The number of aromatic nitrogens is 2. The largest absolute Gasteiger partial charge is 0.481 e. The summed E-state index contributed by atoms with van der Waals surface area (Å²) in [5.41, 5.74) is 2.19. The first-order chi connectivity index (χ1) is 13.1. The van der Waals surface area contributed by atoms with Crippen LogP contribution >= 0.6 is 0 Å². The highest BCUT2D eigenvalue weighted by Crippen LogP contribution is 2.22. The average Bonchev–Trinajstić information content (AvgIpc) is 3.09. The van der Waals surface area contributed by atoms with Crippen LogP contribution in [0.15, 0.2) is 63.9 Å². The molecule has 0 saturated heterocycles. The number of hydrogen-bond donors (Lipinski definition) is 2. The first kappa shape index (κ1) is 18.4. The van der Waals surface area contributed by atoms with Gasteiger partial charge in [0.1, 0.15) is 5.75 Å². The number of aromatic amines is 1. The lowest BCUT2D eigenvalue weighted by atomic mass is 10.0. The fourth-order valence-corrected chi connectivity index (χ4v) is 2.64. The summed E-state index contributed by atoms with van der Waals surface area (Å²) in [5.74, 6) is 0.227. The van der Waals surface area contributed by atoms with E-state index in [-0.39, 0.29) is 5.91 Å². The molecule has 1 heterocycles. The van der Waals surface area contributed by atoms with Crippen LogP contribution in [0.4, 0.5) is 0 Å². The summed E-state index contributed by atoms with van der Waals surface area (Å²) in [5, 5.41) is 6.31. The molecule has 27 heavy (non-hydrogen) atoms. The van der Waals surface area contributed by atoms with Crippen molar-refractivity contribution in [2.24, 2.45) is 0 Å². The second-order valence-electron chi connectivity index (χ2n) is 6.11. The van der Waals surface area contributed by atoms with Crippen molar-refractivity contribution in [3.63, 3.8) is 0 Å². The number of hydrogen-bond acceptors (Lipinski definition) is 5. The molecule has 0 spiro atoms. The summed E-state index contributed by atoms with van der Waals surface area (Å²) < 4.78 is 10.3. The second kappa shape index (κ2) is 8.84. The molecule has 1 aromatic heterocycles. The van der Waals surface area contributed by atoms with Gasteiger partial charge < -0.3 is 10.1 Å². The Labute approximate surface area is 156 Å². The van der Waals surface area contributed by atoms with Crippen LogP contribution in [-0.2, 0) is 17.6 Å². The molecule has 3 rings (SSSR count). The van der Waals surface area contributed by atoms with Crippen LogP contribution in [0.2, 0.25) is 0 Å². The number of nitrogens with zero attached hydrogens (tertiary/aromatic N) is 1. The van der Waals surface area contributed by atoms with Gasteiger partial charge in [-0.3, -0.25) is 14.3 Å². The number of amides is 1. The van der Waals surface area contributed by atoms with E-state index in [2.05, 4.69) is 32.1 Å². The van der Waals surface area contributed by atoms with Gasteiger partial charge in [-0.25, -0.2) is 4.79 Å². The molecule has 140 valence electrons. The summed E-state index contributed by atoms with van der Waals surface area (Å²) in [4.78, 5) is 25.6. The van der Waals surface area contributed by atoms with Crippen LogP contribution in [0, 0.1) is 0 Å². The van der Waals surface area contributed by atoms with Gasteiger partial charge in [-0.2, -0.15) is 0 Å². The van der Waals surface area contributed by atoms with Gasteiger partial charge in [-0.15, -0.1) is 0 Å². The van der Waals surface area contributed by atoms with Crippen molar-refractivity contribution >= 4 is 5.91 Å². The van der Waals surface area contributed by atoms with E-state index < -0.39 is 11.9 Å². The zero-order valence-corrected chi connectivity index (χ0v) is 15.0. The Hall–Kier alpha value is -3.35. The van der Waals surface area contributed by atoms with Crippen molar-refractivity contribution in [2.45, 2.75) is 25.9 Å². The van der Waals surface area contributed by atoms with Crippen molar-refractivity contribution < 1.29 is 14.1 Å². The van der Waals surface area contributed by atoms with E-state index in [0.717, 1.165) is 12.0 Å². The predicted octanol–water partition coefficient (Wildman–Crippen LogP) is 2.08. The van der Waals surface area contributed by atoms with E-state index >= 15 is 0 Å². The quantitative estimate of drug-likeness (QED) is 0.635. The number of benzene rings is 2. The van der Waals surface area contributed by atoms with Crippen molar-refractivity contribution in [2.75, 3.05) is 6.54 Å². The van der Waals surface area contributed by atoms with Crippen molar-refractivity contribution in [3.05, 3.63) is 82.1 Å². The summed E-state index contributed by atoms with van der Waals surface area (Å²) in [6.45, 7) is 2.02. The minimum Gasteiger partial charge on any atom is -0.481 e. The number of nitrogens with one attached hydrogen (secondary N) is 2. The summed E-state index contributed by atoms with van der Waals surface area (Å²) in [6.07, 6.45) is 0.443.